The van der Waals surface area contributed by atoms with Gasteiger partial charge in [0, 0.05) is 12.8 Å². The molecule has 9 nitrogen and oxygen atoms in total. The van der Waals surface area contributed by atoms with Crippen LogP contribution >= 0.6 is 7.82 Å². The summed E-state index contributed by atoms with van der Waals surface area (Å²) in [4.78, 5) is 37.5. The molecule has 0 bridgehead atoms. The summed E-state index contributed by atoms with van der Waals surface area (Å²) in [5.41, 5.74) is 0. The second-order valence-electron chi connectivity index (χ2n) is 15.7. The van der Waals surface area contributed by atoms with Gasteiger partial charge in [-0.05, 0) is 77.0 Å². The number of likely N-dealkylation sites (N-methyl/N-ethyl adjacent to an activating group) is 1. The van der Waals surface area contributed by atoms with E-state index in [2.05, 4.69) is 74.6 Å². The normalized spacial score (nSPS) is 14.2. The highest BCUT2D eigenvalue weighted by Crippen LogP contribution is 2.38. The first-order valence-electron chi connectivity index (χ1n) is 22.0. The molecule has 0 aliphatic carbocycles. The van der Waals surface area contributed by atoms with Crippen molar-refractivity contribution in [3.8, 4) is 0 Å². The first-order valence-corrected chi connectivity index (χ1v) is 23.5. The number of phosphoric acid groups is 1. The van der Waals surface area contributed by atoms with Gasteiger partial charge in [0.05, 0.1) is 27.7 Å². The number of unbranched alkanes of at least 4 members (excludes halogenated alkanes) is 15. The molecule has 0 saturated carbocycles. The van der Waals surface area contributed by atoms with E-state index in [0.29, 0.717) is 17.4 Å². The zero-order chi connectivity index (χ0) is 41.4. The van der Waals surface area contributed by atoms with Gasteiger partial charge in [-0.1, -0.05) is 139 Å². The number of hydrogen-bond donors (Lipinski definition) is 0. The second kappa shape index (κ2) is 38.2. The third kappa shape index (κ3) is 41.3. The number of quaternary nitrogens is 1. The van der Waals surface area contributed by atoms with Gasteiger partial charge in [0.15, 0.2) is 6.10 Å². The summed E-state index contributed by atoms with van der Waals surface area (Å²) in [5.74, 6) is -0.889. The van der Waals surface area contributed by atoms with E-state index in [4.69, 9.17) is 18.5 Å². The number of hydrogen-bond acceptors (Lipinski definition) is 8. The molecule has 10 heteroatoms. The maximum atomic E-state index is 12.6. The summed E-state index contributed by atoms with van der Waals surface area (Å²) in [5, 5.41) is 0. The van der Waals surface area contributed by atoms with Gasteiger partial charge in [-0.15, -0.1) is 0 Å². The Bertz CT molecular complexity index is 1140. The Morgan fingerprint density at radius 2 is 1.02 bits per heavy atom. The molecule has 0 amide bonds. The van der Waals surface area contributed by atoms with Crippen LogP contribution in [-0.4, -0.2) is 70.0 Å². The molecular formula is C46H82NO8P. The molecule has 2 atom stereocenters. The molecule has 0 aromatic rings. The minimum atomic E-state index is -4.64. The Labute approximate surface area is 343 Å². The number of esters is 2. The molecule has 0 radical (unpaired) electrons. The molecule has 0 aliphatic heterocycles. The van der Waals surface area contributed by atoms with Crippen LogP contribution < -0.4 is 4.89 Å². The smallest absolute Gasteiger partial charge is 0.306 e. The van der Waals surface area contributed by atoms with E-state index in [0.717, 1.165) is 64.2 Å². The maximum Gasteiger partial charge on any atom is 0.306 e. The van der Waals surface area contributed by atoms with Gasteiger partial charge in [0.2, 0.25) is 0 Å². The quantitative estimate of drug-likeness (QED) is 0.0198. The lowest BCUT2D eigenvalue weighted by Crippen LogP contribution is -2.37. The minimum Gasteiger partial charge on any atom is -0.756 e. The zero-order valence-electron chi connectivity index (χ0n) is 36.3. The fourth-order valence-electron chi connectivity index (χ4n) is 5.58. The van der Waals surface area contributed by atoms with Crippen LogP contribution in [0.4, 0.5) is 0 Å². The zero-order valence-corrected chi connectivity index (χ0v) is 37.2. The predicted molar refractivity (Wildman–Crippen MR) is 231 cm³/mol. The van der Waals surface area contributed by atoms with Crippen molar-refractivity contribution < 1.29 is 42.1 Å². The van der Waals surface area contributed by atoms with E-state index in [1.54, 1.807) is 0 Å². The SMILES string of the molecule is CC/C=C/C/C=C/C/C=C/C/C=C/CCCCC(=O)O[C@H](COC(=O)CCCCCCCCCCC/C=C/CCCCCC)COP(=O)([O-])OCC[N+](C)(C)C. The van der Waals surface area contributed by atoms with E-state index in [1.165, 1.54) is 70.6 Å². The molecular weight excluding hydrogens is 725 g/mol. The van der Waals surface area contributed by atoms with Crippen molar-refractivity contribution in [3.05, 3.63) is 60.8 Å². The summed E-state index contributed by atoms with van der Waals surface area (Å²) >= 11 is 0. The average Bonchev–Trinajstić information content (AvgIpc) is 3.15. The Morgan fingerprint density at radius 3 is 1.57 bits per heavy atom. The maximum absolute atomic E-state index is 12.6. The Balaban J connectivity index is 4.42. The molecule has 56 heavy (non-hydrogen) atoms. The summed E-state index contributed by atoms with van der Waals surface area (Å²) in [7, 11) is 1.13. The number of rotatable bonds is 39. The Kier molecular flexibility index (Phi) is 36.7. The van der Waals surface area contributed by atoms with E-state index >= 15 is 0 Å². The predicted octanol–water partition coefficient (Wildman–Crippen LogP) is 11.8. The van der Waals surface area contributed by atoms with Crippen LogP contribution in [0.5, 0.6) is 0 Å². The number of phosphoric ester groups is 1. The molecule has 0 saturated heterocycles. The first-order chi connectivity index (χ1) is 27.0. The van der Waals surface area contributed by atoms with E-state index in [9.17, 15) is 19.0 Å². The van der Waals surface area contributed by atoms with Crippen LogP contribution in [0.25, 0.3) is 0 Å². The van der Waals surface area contributed by atoms with Crippen LogP contribution in [-0.2, 0) is 32.7 Å². The third-order valence-corrected chi connectivity index (χ3v) is 9.99. The van der Waals surface area contributed by atoms with E-state index in [1.807, 2.05) is 21.1 Å². The van der Waals surface area contributed by atoms with Crippen molar-refractivity contribution in [2.45, 2.75) is 174 Å². The highest BCUT2D eigenvalue weighted by molar-refractivity contribution is 7.45. The van der Waals surface area contributed by atoms with Crippen molar-refractivity contribution in [1.29, 1.82) is 0 Å². The lowest BCUT2D eigenvalue weighted by Gasteiger charge is -2.28. The number of carbonyl (C=O) groups excluding carboxylic acids is 2. The fourth-order valence-corrected chi connectivity index (χ4v) is 6.31. The lowest BCUT2D eigenvalue weighted by atomic mass is 10.1. The summed E-state index contributed by atoms with van der Waals surface area (Å²) in [6.45, 7) is 4.04. The molecule has 0 aliphatic rings. The highest BCUT2D eigenvalue weighted by atomic mass is 31.2. The van der Waals surface area contributed by atoms with Gasteiger partial charge in [-0.25, -0.2) is 0 Å². The molecule has 0 aromatic carbocycles. The Morgan fingerprint density at radius 1 is 0.571 bits per heavy atom. The molecule has 0 fully saturated rings. The Hall–Kier alpha value is -2.29. The van der Waals surface area contributed by atoms with Crippen molar-refractivity contribution in [2.24, 2.45) is 0 Å². The van der Waals surface area contributed by atoms with Gasteiger partial charge in [0.25, 0.3) is 7.82 Å². The van der Waals surface area contributed by atoms with Gasteiger partial charge < -0.3 is 27.9 Å². The number of allylic oxidation sites excluding steroid dienone is 10. The second-order valence-corrected chi connectivity index (χ2v) is 17.1. The molecule has 324 valence electrons. The van der Waals surface area contributed by atoms with Crippen LogP contribution in [0.15, 0.2) is 60.8 Å². The number of nitrogens with zero attached hydrogens (tertiary/aromatic N) is 1. The molecule has 0 N–H and O–H groups in total. The van der Waals surface area contributed by atoms with Crippen molar-refractivity contribution in [1.82, 2.24) is 0 Å². The summed E-state index contributed by atoms with van der Waals surface area (Å²) < 4.78 is 33.8. The van der Waals surface area contributed by atoms with Crippen LogP contribution in [0.1, 0.15) is 168 Å². The summed E-state index contributed by atoms with van der Waals surface area (Å²) in [6, 6.07) is 0. The largest absolute Gasteiger partial charge is 0.756 e. The van der Waals surface area contributed by atoms with Crippen molar-refractivity contribution in [2.75, 3.05) is 47.5 Å². The van der Waals surface area contributed by atoms with Crippen LogP contribution in [0.3, 0.4) is 0 Å². The fraction of sp³-hybridized carbons (Fsp3) is 0.739. The van der Waals surface area contributed by atoms with Gasteiger partial charge in [0.1, 0.15) is 19.8 Å². The topological polar surface area (TPSA) is 111 Å². The number of ether oxygens (including phenoxy) is 2. The molecule has 0 heterocycles. The molecule has 1 unspecified atom stereocenters. The van der Waals surface area contributed by atoms with Crippen LogP contribution in [0.2, 0.25) is 0 Å². The lowest BCUT2D eigenvalue weighted by molar-refractivity contribution is -0.870. The molecule has 0 rings (SSSR count). The average molecular weight is 808 g/mol. The van der Waals surface area contributed by atoms with Gasteiger partial charge in [-0.3, -0.25) is 14.2 Å². The minimum absolute atomic E-state index is 0.0415. The molecule has 0 spiro atoms. The number of carbonyl (C=O) groups is 2. The molecule has 0 aromatic heterocycles. The van der Waals surface area contributed by atoms with Crippen molar-refractivity contribution in [3.63, 3.8) is 0 Å². The summed E-state index contributed by atoms with van der Waals surface area (Å²) in [6.07, 6.45) is 45.4. The monoisotopic (exact) mass is 808 g/mol. The standard InChI is InChI=1S/C46H82NO8P/c1-6-8-10-12-14-16-18-20-22-23-25-26-28-30-32-34-36-38-45(48)52-42-44(43-54-56(50,51)53-41-40-47(3,4)5)55-46(49)39-37-35-33-31-29-27-24-21-19-17-15-13-11-9-7-2/h9,11,15-18,21,24,29,31,44H,6-8,10,12-14,19-20,22-23,25-28,30,32-43H2,1-5H3/b11-9+,17-15+,18-16+,24-21+,31-29+/t44-/m1/s1. The van der Waals surface area contributed by atoms with Gasteiger partial charge in [-0.2, -0.15) is 0 Å². The van der Waals surface area contributed by atoms with Gasteiger partial charge >= 0.3 is 11.9 Å². The first kappa shape index (κ1) is 53.7. The van der Waals surface area contributed by atoms with E-state index in [-0.39, 0.29) is 26.1 Å². The van der Waals surface area contributed by atoms with Crippen LogP contribution in [0, 0.1) is 0 Å². The van der Waals surface area contributed by atoms with Crippen molar-refractivity contribution >= 4 is 19.8 Å². The highest BCUT2D eigenvalue weighted by Gasteiger charge is 2.21. The van der Waals surface area contributed by atoms with E-state index < -0.39 is 32.5 Å². The third-order valence-electron chi connectivity index (χ3n) is 9.02.